The summed E-state index contributed by atoms with van der Waals surface area (Å²) < 4.78 is 5.64. The summed E-state index contributed by atoms with van der Waals surface area (Å²) in [6, 6.07) is 7.60. The van der Waals surface area contributed by atoms with Gasteiger partial charge in [0.25, 0.3) is 0 Å². The van der Waals surface area contributed by atoms with Gasteiger partial charge in [-0.25, -0.2) is 0 Å². The lowest BCUT2D eigenvalue weighted by atomic mass is 10.0. The molecule has 3 rings (SSSR count). The van der Waals surface area contributed by atoms with Crippen LogP contribution in [0.2, 0.25) is 0 Å². The smallest absolute Gasteiger partial charge is 0.237 e. The Morgan fingerprint density at radius 3 is 3.05 bits per heavy atom. The Morgan fingerprint density at radius 2 is 2.26 bits per heavy atom. The maximum absolute atomic E-state index is 12.0. The molecule has 0 spiro atoms. The zero-order chi connectivity index (χ0) is 13.2. The van der Waals surface area contributed by atoms with Crippen LogP contribution in [0.15, 0.2) is 24.3 Å². The van der Waals surface area contributed by atoms with Gasteiger partial charge in [-0.05, 0) is 24.5 Å². The van der Waals surface area contributed by atoms with Crippen LogP contribution in [-0.2, 0) is 11.2 Å². The number of nitrogens with one attached hydrogen (secondary N) is 2. The molecule has 3 N–H and O–H groups in total. The maximum Gasteiger partial charge on any atom is 0.237 e. The Hall–Kier alpha value is -1.59. The van der Waals surface area contributed by atoms with E-state index in [1.54, 1.807) is 0 Å². The SMILES string of the molecule is O=C(NC1COc2ccccc2C1)C1CC(O)CN1. The van der Waals surface area contributed by atoms with Gasteiger partial charge in [-0.15, -0.1) is 0 Å². The molecule has 1 saturated heterocycles. The third-order valence-corrected chi connectivity index (χ3v) is 3.65. The van der Waals surface area contributed by atoms with Gasteiger partial charge in [-0.1, -0.05) is 18.2 Å². The molecule has 5 heteroatoms. The van der Waals surface area contributed by atoms with Crippen molar-refractivity contribution < 1.29 is 14.6 Å². The molecule has 3 unspecified atom stereocenters. The molecule has 2 heterocycles. The minimum Gasteiger partial charge on any atom is -0.491 e. The summed E-state index contributed by atoms with van der Waals surface area (Å²) in [5.41, 5.74) is 1.12. The number of amides is 1. The number of carbonyl (C=O) groups excluding carboxylic acids is 1. The number of carbonyl (C=O) groups is 1. The van der Waals surface area contributed by atoms with E-state index >= 15 is 0 Å². The van der Waals surface area contributed by atoms with E-state index in [9.17, 15) is 9.90 Å². The second-order valence-corrected chi connectivity index (χ2v) is 5.18. The number of hydrogen-bond acceptors (Lipinski definition) is 4. The molecule has 1 aromatic rings. The Kier molecular flexibility index (Phi) is 3.40. The predicted octanol–water partition coefficient (Wildman–Crippen LogP) is -0.171. The third kappa shape index (κ3) is 2.72. The van der Waals surface area contributed by atoms with Gasteiger partial charge in [-0.2, -0.15) is 0 Å². The van der Waals surface area contributed by atoms with Crippen LogP contribution in [0.5, 0.6) is 5.75 Å². The van der Waals surface area contributed by atoms with Crippen LogP contribution in [-0.4, -0.2) is 42.4 Å². The molecule has 0 aromatic heterocycles. The summed E-state index contributed by atoms with van der Waals surface area (Å²) in [6.07, 6.45) is 0.853. The Bertz CT molecular complexity index is 478. The number of para-hydroxylation sites is 1. The molecule has 2 aliphatic rings. The van der Waals surface area contributed by atoms with Gasteiger partial charge in [0.15, 0.2) is 0 Å². The second-order valence-electron chi connectivity index (χ2n) is 5.18. The van der Waals surface area contributed by atoms with Gasteiger partial charge < -0.3 is 20.5 Å². The molecule has 102 valence electrons. The van der Waals surface area contributed by atoms with Crippen LogP contribution in [0.1, 0.15) is 12.0 Å². The molecule has 0 aliphatic carbocycles. The van der Waals surface area contributed by atoms with Crippen LogP contribution in [0.25, 0.3) is 0 Å². The van der Waals surface area contributed by atoms with Gasteiger partial charge in [0.2, 0.25) is 5.91 Å². The van der Waals surface area contributed by atoms with E-state index in [0.29, 0.717) is 19.6 Å². The van der Waals surface area contributed by atoms with E-state index in [2.05, 4.69) is 10.6 Å². The standard InChI is InChI=1S/C14H18N2O3/c17-11-6-12(15-7-11)14(18)16-10-5-9-3-1-2-4-13(9)19-8-10/h1-4,10-12,15,17H,5-8H2,(H,16,18). The molecule has 0 bridgehead atoms. The third-order valence-electron chi connectivity index (χ3n) is 3.65. The monoisotopic (exact) mass is 262 g/mol. The summed E-state index contributed by atoms with van der Waals surface area (Å²) in [5, 5.41) is 15.4. The number of rotatable bonds is 2. The van der Waals surface area contributed by atoms with E-state index in [1.807, 2.05) is 24.3 Å². The summed E-state index contributed by atoms with van der Waals surface area (Å²) in [4.78, 5) is 12.0. The largest absolute Gasteiger partial charge is 0.491 e. The number of ether oxygens (including phenoxy) is 1. The van der Waals surface area contributed by atoms with Crippen molar-refractivity contribution in [2.45, 2.75) is 31.0 Å². The molecule has 5 nitrogen and oxygen atoms in total. The topological polar surface area (TPSA) is 70.6 Å². The van der Waals surface area contributed by atoms with Gasteiger partial charge >= 0.3 is 0 Å². The van der Waals surface area contributed by atoms with E-state index in [0.717, 1.165) is 17.7 Å². The van der Waals surface area contributed by atoms with Gasteiger partial charge in [-0.3, -0.25) is 4.79 Å². The Balaban J connectivity index is 1.58. The number of fused-ring (bicyclic) bond motifs is 1. The summed E-state index contributed by atoms with van der Waals surface area (Å²) >= 11 is 0. The number of aliphatic hydroxyl groups is 1. The number of hydrogen-bond donors (Lipinski definition) is 3. The highest BCUT2D eigenvalue weighted by Gasteiger charge is 2.30. The molecule has 1 fully saturated rings. The van der Waals surface area contributed by atoms with Crippen LogP contribution >= 0.6 is 0 Å². The normalized spacial score (nSPS) is 29.4. The highest BCUT2D eigenvalue weighted by atomic mass is 16.5. The summed E-state index contributed by atoms with van der Waals surface area (Å²) in [7, 11) is 0. The van der Waals surface area contributed by atoms with Crippen LogP contribution in [0.4, 0.5) is 0 Å². The zero-order valence-electron chi connectivity index (χ0n) is 10.6. The van der Waals surface area contributed by atoms with Gasteiger partial charge in [0.1, 0.15) is 12.4 Å². The summed E-state index contributed by atoms with van der Waals surface area (Å²) in [5.74, 6) is 0.854. The number of benzene rings is 1. The molecule has 2 aliphatic heterocycles. The first kappa shape index (κ1) is 12.4. The van der Waals surface area contributed by atoms with E-state index in [1.165, 1.54) is 0 Å². The molecular formula is C14H18N2O3. The fraction of sp³-hybridized carbons (Fsp3) is 0.500. The number of aliphatic hydroxyl groups excluding tert-OH is 1. The Labute approximate surface area is 112 Å². The molecule has 0 radical (unpaired) electrons. The molecule has 19 heavy (non-hydrogen) atoms. The maximum atomic E-state index is 12.0. The predicted molar refractivity (Wildman–Crippen MR) is 70.0 cm³/mol. The van der Waals surface area contributed by atoms with Crippen LogP contribution in [0.3, 0.4) is 0 Å². The Morgan fingerprint density at radius 1 is 1.42 bits per heavy atom. The van der Waals surface area contributed by atoms with Crippen molar-refractivity contribution in [2.75, 3.05) is 13.2 Å². The highest BCUT2D eigenvalue weighted by Crippen LogP contribution is 2.24. The molecular weight excluding hydrogens is 244 g/mol. The lowest BCUT2D eigenvalue weighted by Crippen LogP contribution is -2.49. The molecule has 1 aromatic carbocycles. The lowest BCUT2D eigenvalue weighted by Gasteiger charge is -2.27. The minimum absolute atomic E-state index is 0.00180. The van der Waals surface area contributed by atoms with E-state index in [4.69, 9.17) is 4.74 Å². The first-order valence-electron chi connectivity index (χ1n) is 6.65. The fourth-order valence-corrected chi connectivity index (χ4v) is 2.64. The second kappa shape index (κ2) is 5.19. The average Bonchev–Trinajstić information content (AvgIpc) is 2.85. The van der Waals surface area contributed by atoms with Crippen molar-refractivity contribution in [3.63, 3.8) is 0 Å². The molecule has 1 amide bonds. The van der Waals surface area contributed by atoms with Crippen molar-refractivity contribution >= 4 is 5.91 Å². The first-order valence-corrected chi connectivity index (χ1v) is 6.65. The molecule has 0 saturated carbocycles. The average molecular weight is 262 g/mol. The first-order chi connectivity index (χ1) is 9.22. The van der Waals surface area contributed by atoms with Gasteiger partial charge in [0, 0.05) is 6.54 Å². The fourth-order valence-electron chi connectivity index (χ4n) is 2.64. The van der Waals surface area contributed by atoms with Crippen molar-refractivity contribution in [3.05, 3.63) is 29.8 Å². The van der Waals surface area contributed by atoms with Crippen LogP contribution in [0, 0.1) is 0 Å². The van der Waals surface area contributed by atoms with Gasteiger partial charge in [0.05, 0.1) is 18.2 Å². The van der Waals surface area contributed by atoms with Crippen LogP contribution < -0.4 is 15.4 Å². The lowest BCUT2D eigenvalue weighted by molar-refractivity contribution is -0.124. The number of β-amino-alcohol motifs (C(OH)–C–C–N with tert-alkyl or cyclic N) is 1. The van der Waals surface area contributed by atoms with E-state index in [-0.39, 0.29) is 18.0 Å². The quantitative estimate of drug-likeness (QED) is 0.692. The molecule has 3 atom stereocenters. The zero-order valence-corrected chi connectivity index (χ0v) is 10.6. The highest BCUT2D eigenvalue weighted by molar-refractivity contribution is 5.82. The van der Waals surface area contributed by atoms with Crippen molar-refractivity contribution in [2.24, 2.45) is 0 Å². The summed E-state index contributed by atoms with van der Waals surface area (Å²) in [6.45, 7) is 0.986. The van der Waals surface area contributed by atoms with E-state index < -0.39 is 6.10 Å². The van der Waals surface area contributed by atoms with Crippen molar-refractivity contribution in [1.82, 2.24) is 10.6 Å². The van der Waals surface area contributed by atoms with Crippen molar-refractivity contribution in [3.8, 4) is 5.75 Å². The minimum atomic E-state index is -0.418. The van der Waals surface area contributed by atoms with Crippen molar-refractivity contribution in [1.29, 1.82) is 0 Å².